The molecule has 0 saturated carbocycles. The van der Waals surface area contributed by atoms with Crippen molar-refractivity contribution < 1.29 is 23.1 Å². The van der Waals surface area contributed by atoms with Crippen LogP contribution in [0.5, 0.6) is 0 Å². The van der Waals surface area contributed by atoms with Gasteiger partial charge < -0.3 is 10.8 Å². The predicted molar refractivity (Wildman–Crippen MR) is 64.3 cm³/mol. The second-order valence-corrected chi connectivity index (χ2v) is 5.87. The van der Waals surface area contributed by atoms with Crippen molar-refractivity contribution in [3.63, 3.8) is 0 Å². The Kier molecular flexibility index (Phi) is 4.60. The Morgan fingerprint density at radius 1 is 1.58 bits per heavy atom. The average molecular weight is 356 g/mol. The second-order valence-electron chi connectivity index (χ2n) is 3.49. The SMILES string of the molecule is Cn1nnc(Br)c1S(=O)(=O)N[C@@H](CC(N)=O)C(=O)O. The Morgan fingerprint density at radius 3 is 2.53 bits per heavy atom. The quantitative estimate of drug-likeness (QED) is 0.542. The molecule has 1 heterocycles. The molecule has 0 saturated heterocycles. The van der Waals surface area contributed by atoms with Crippen LogP contribution in [0.1, 0.15) is 6.42 Å². The van der Waals surface area contributed by atoms with Crippen molar-refractivity contribution in [2.75, 3.05) is 0 Å². The van der Waals surface area contributed by atoms with Crippen LogP contribution in [0, 0.1) is 0 Å². The summed E-state index contributed by atoms with van der Waals surface area (Å²) in [6.45, 7) is 0. The number of hydrogen-bond donors (Lipinski definition) is 3. The summed E-state index contributed by atoms with van der Waals surface area (Å²) in [4.78, 5) is 21.6. The smallest absolute Gasteiger partial charge is 0.322 e. The van der Waals surface area contributed by atoms with E-state index in [-0.39, 0.29) is 9.63 Å². The number of aromatic nitrogens is 3. The van der Waals surface area contributed by atoms with Gasteiger partial charge in [0.1, 0.15) is 6.04 Å². The third kappa shape index (κ3) is 3.71. The number of carboxylic acids is 1. The lowest BCUT2D eigenvalue weighted by Gasteiger charge is -2.13. The van der Waals surface area contributed by atoms with E-state index >= 15 is 0 Å². The molecule has 0 radical (unpaired) electrons. The largest absolute Gasteiger partial charge is 0.480 e. The normalized spacial score (nSPS) is 13.2. The maximum atomic E-state index is 12.0. The topological polar surface area (TPSA) is 157 Å². The minimum atomic E-state index is -4.22. The zero-order valence-electron chi connectivity index (χ0n) is 9.57. The summed E-state index contributed by atoms with van der Waals surface area (Å²) in [5.74, 6) is -2.47. The van der Waals surface area contributed by atoms with E-state index < -0.39 is 34.4 Å². The summed E-state index contributed by atoms with van der Waals surface area (Å²) in [6.07, 6.45) is -0.669. The van der Waals surface area contributed by atoms with Gasteiger partial charge in [-0.1, -0.05) is 5.21 Å². The molecule has 19 heavy (non-hydrogen) atoms. The van der Waals surface area contributed by atoms with E-state index in [1.54, 1.807) is 0 Å². The van der Waals surface area contributed by atoms with Crippen LogP contribution in [0.3, 0.4) is 0 Å². The first-order valence-corrected chi connectivity index (χ1v) is 7.01. The number of nitrogens with two attached hydrogens (primary N) is 1. The van der Waals surface area contributed by atoms with Gasteiger partial charge in [0, 0.05) is 7.05 Å². The van der Waals surface area contributed by atoms with Crippen LogP contribution < -0.4 is 10.5 Å². The number of carbonyl (C=O) groups excluding carboxylic acids is 1. The summed E-state index contributed by atoms with van der Waals surface area (Å²) in [7, 11) is -2.90. The molecular formula is C7H10BrN5O5S. The number of hydrogen-bond acceptors (Lipinski definition) is 6. The van der Waals surface area contributed by atoms with E-state index in [2.05, 4.69) is 26.2 Å². The third-order valence-corrected chi connectivity index (χ3v) is 4.35. The van der Waals surface area contributed by atoms with E-state index in [4.69, 9.17) is 10.8 Å². The van der Waals surface area contributed by atoms with Crippen molar-refractivity contribution in [3.05, 3.63) is 4.60 Å². The standard InChI is InChI=1S/C7H10BrN5O5S/c1-13-6(5(8)10-12-13)19(17,18)11-3(7(15)16)2-4(9)14/h3,11H,2H2,1H3,(H2,9,14)(H,15,16)/t3-/m0/s1. The van der Waals surface area contributed by atoms with E-state index in [0.29, 0.717) is 0 Å². The van der Waals surface area contributed by atoms with E-state index in [1.807, 2.05) is 4.72 Å². The van der Waals surface area contributed by atoms with Gasteiger partial charge in [0.05, 0.1) is 6.42 Å². The summed E-state index contributed by atoms with van der Waals surface area (Å²) in [6, 6.07) is -1.66. The zero-order chi connectivity index (χ0) is 14.8. The van der Waals surface area contributed by atoms with Gasteiger partial charge in [0.15, 0.2) is 4.60 Å². The number of carbonyl (C=O) groups is 2. The fraction of sp³-hybridized carbons (Fsp3) is 0.429. The molecule has 0 spiro atoms. The van der Waals surface area contributed by atoms with Crippen LogP contribution in [-0.4, -0.2) is 46.4 Å². The molecule has 1 amide bonds. The Morgan fingerprint density at radius 2 is 2.16 bits per heavy atom. The lowest BCUT2D eigenvalue weighted by atomic mass is 10.2. The molecule has 0 aromatic carbocycles. The van der Waals surface area contributed by atoms with Crippen molar-refractivity contribution in [2.45, 2.75) is 17.5 Å². The Bertz CT molecular complexity index is 592. The number of halogens is 1. The lowest BCUT2D eigenvalue weighted by Crippen LogP contribution is -2.43. The molecular weight excluding hydrogens is 346 g/mol. The number of rotatable bonds is 6. The first kappa shape index (κ1) is 15.5. The van der Waals surface area contributed by atoms with Gasteiger partial charge >= 0.3 is 5.97 Å². The molecule has 0 aliphatic heterocycles. The maximum absolute atomic E-state index is 12.0. The Balaban J connectivity index is 3.08. The molecule has 1 atom stereocenters. The monoisotopic (exact) mass is 355 g/mol. The van der Waals surface area contributed by atoms with Crippen LogP contribution in [-0.2, 0) is 26.7 Å². The number of aryl methyl sites for hydroxylation is 1. The van der Waals surface area contributed by atoms with Gasteiger partial charge in [0.25, 0.3) is 10.0 Å². The van der Waals surface area contributed by atoms with Crippen LogP contribution in [0.15, 0.2) is 9.63 Å². The van der Waals surface area contributed by atoms with E-state index in [0.717, 1.165) is 4.68 Å². The number of primary amides is 1. The molecule has 1 rings (SSSR count). The second kappa shape index (κ2) is 5.63. The molecule has 0 fully saturated rings. The molecule has 0 bridgehead atoms. The van der Waals surface area contributed by atoms with Gasteiger partial charge in [-0.25, -0.2) is 13.1 Å². The molecule has 4 N–H and O–H groups in total. The highest BCUT2D eigenvalue weighted by molar-refractivity contribution is 9.10. The van der Waals surface area contributed by atoms with Crippen molar-refractivity contribution in [3.8, 4) is 0 Å². The molecule has 0 unspecified atom stereocenters. The number of nitrogens with zero attached hydrogens (tertiary/aromatic N) is 3. The average Bonchev–Trinajstić information content (AvgIpc) is 2.56. The Labute approximate surface area is 116 Å². The molecule has 1 aromatic rings. The fourth-order valence-electron chi connectivity index (χ4n) is 1.23. The minimum Gasteiger partial charge on any atom is -0.480 e. The van der Waals surface area contributed by atoms with Crippen molar-refractivity contribution in [1.29, 1.82) is 0 Å². The molecule has 106 valence electrons. The van der Waals surface area contributed by atoms with Crippen LogP contribution in [0.4, 0.5) is 0 Å². The van der Waals surface area contributed by atoms with Gasteiger partial charge in [-0.2, -0.15) is 4.72 Å². The van der Waals surface area contributed by atoms with Crippen LogP contribution >= 0.6 is 15.9 Å². The number of amides is 1. The highest BCUT2D eigenvalue weighted by Crippen LogP contribution is 2.18. The highest BCUT2D eigenvalue weighted by Gasteiger charge is 2.31. The summed E-state index contributed by atoms with van der Waals surface area (Å²) in [5, 5.41) is 15.4. The van der Waals surface area contributed by atoms with Gasteiger partial charge in [-0.15, -0.1) is 5.10 Å². The van der Waals surface area contributed by atoms with Crippen molar-refractivity contribution in [1.82, 2.24) is 19.7 Å². The van der Waals surface area contributed by atoms with Crippen molar-refractivity contribution >= 4 is 37.8 Å². The fourth-order valence-corrected chi connectivity index (χ4v) is 3.52. The lowest BCUT2D eigenvalue weighted by molar-refractivity contribution is -0.140. The first-order chi connectivity index (χ1) is 8.65. The number of sulfonamides is 1. The maximum Gasteiger partial charge on any atom is 0.322 e. The predicted octanol–water partition coefficient (Wildman–Crippen LogP) is -1.82. The molecule has 1 aromatic heterocycles. The van der Waals surface area contributed by atoms with E-state index in [1.165, 1.54) is 7.05 Å². The molecule has 10 nitrogen and oxygen atoms in total. The van der Waals surface area contributed by atoms with Crippen molar-refractivity contribution in [2.24, 2.45) is 12.8 Å². The van der Waals surface area contributed by atoms with Gasteiger partial charge in [-0.3, -0.25) is 9.59 Å². The van der Waals surface area contributed by atoms with Crippen LogP contribution in [0.25, 0.3) is 0 Å². The number of nitrogens with one attached hydrogen (secondary N) is 1. The zero-order valence-corrected chi connectivity index (χ0v) is 12.0. The Hall–Kier alpha value is -1.53. The number of carboxylic acid groups (broad SMARTS) is 1. The highest BCUT2D eigenvalue weighted by atomic mass is 79.9. The molecule has 12 heteroatoms. The summed E-state index contributed by atoms with van der Waals surface area (Å²) >= 11 is 2.88. The number of aliphatic carboxylic acids is 1. The first-order valence-electron chi connectivity index (χ1n) is 4.73. The van der Waals surface area contributed by atoms with E-state index in [9.17, 15) is 18.0 Å². The molecule has 0 aliphatic rings. The summed E-state index contributed by atoms with van der Waals surface area (Å²) in [5.41, 5.74) is 4.85. The van der Waals surface area contributed by atoms with Gasteiger partial charge in [-0.05, 0) is 15.9 Å². The van der Waals surface area contributed by atoms with Gasteiger partial charge in [0.2, 0.25) is 10.9 Å². The van der Waals surface area contributed by atoms with Crippen LogP contribution in [0.2, 0.25) is 0 Å². The summed E-state index contributed by atoms with van der Waals surface area (Å²) < 4.78 is 26.7. The molecule has 0 aliphatic carbocycles. The minimum absolute atomic E-state index is 0.0780. The third-order valence-electron chi connectivity index (χ3n) is 1.99.